The Morgan fingerprint density at radius 1 is 0.938 bits per heavy atom. The Kier molecular flexibility index (Phi) is 7.80. The topological polar surface area (TPSA) is 114 Å². The SMILES string of the molecule is O=C(N[C@@H](CCc1ccccc1)C(=O)N/N=C/c1ccccc1)c1ccc([N+](=O)[O-])cc1. The van der Waals surface area contributed by atoms with Gasteiger partial charge in [0.15, 0.2) is 0 Å². The number of nitro groups is 1. The molecule has 8 nitrogen and oxygen atoms in total. The van der Waals surface area contributed by atoms with Crippen LogP contribution in [-0.4, -0.2) is 29.0 Å². The van der Waals surface area contributed by atoms with Gasteiger partial charge >= 0.3 is 0 Å². The molecule has 1 atom stereocenters. The Morgan fingerprint density at radius 3 is 2.19 bits per heavy atom. The summed E-state index contributed by atoms with van der Waals surface area (Å²) in [5.74, 6) is -0.955. The molecule has 0 spiro atoms. The van der Waals surface area contributed by atoms with Gasteiger partial charge in [-0.3, -0.25) is 19.7 Å². The Bertz CT molecular complexity index is 1080. The molecule has 0 unspecified atom stereocenters. The Labute approximate surface area is 185 Å². The van der Waals surface area contributed by atoms with Crippen LogP contribution in [0.5, 0.6) is 0 Å². The Hall–Kier alpha value is -4.33. The smallest absolute Gasteiger partial charge is 0.269 e. The van der Waals surface area contributed by atoms with Crippen LogP contribution in [0, 0.1) is 10.1 Å². The number of hydrazone groups is 1. The van der Waals surface area contributed by atoms with E-state index < -0.39 is 22.8 Å². The maximum absolute atomic E-state index is 12.7. The van der Waals surface area contributed by atoms with Gasteiger partial charge in [0, 0.05) is 17.7 Å². The van der Waals surface area contributed by atoms with Crippen LogP contribution in [0.1, 0.15) is 27.9 Å². The molecule has 0 aliphatic rings. The summed E-state index contributed by atoms with van der Waals surface area (Å²) in [6, 6.07) is 23.3. The highest BCUT2D eigenvalue weighted by molar-refractivity contribution is 5.97. The molecule has 3 aromatic rings. The molecule has 0 aliphatic carbocycles. The summed E-state index contributed by atoms with van der Waals surface area (Å²) in [7, 11) is 0. The first-order chi connectivity index (χ1) is 15.5. The van der Waals surface area contributed by atoms with Gasteiger partial charge in [0.2, 0.25) is 0 Å². The molecule has 0 heterocycles. The van der Waals surface area contributed by atoms with Crippen molar-refractivity contribution in [1.29, 1.82) is 0 Å². The molecule has 0 saturated carbocycles. The minimum Gasteiger partial charge on any atom is -0.340 e. The summed E-state index contributed by atoms with van der Waals surface area (Å²) in [5.41, 5.74) is 4.44. The lowest BCUT2D eigenvalue weighted by Gasteiger charge is -2.17. The largest absolute Gasteiger partial charge is 0.340 e. The van der Waals surface area contributed by atoms with Crippen molar-refractivity contribution in [3.63, 3.8) is 0 Å². The highest BCUT2D eigenvalue weighted by atomic mass is 16.6. The van der Waals surface area contributed by atoms with Crippen molar-refractivity contribution < 1.29 is 14.5 Å². The van der Waals surface area contributed by atoms with E-state index in [9.17, 15) is 19.7 Å². The predicted molar refractivity (Wildman–Crippen MR) is 121 cm³/mol. The molecule has 2 N–H and O–H groups in total. The number of hydrogen-bond acceptors (Lipinski definition) is 5. The zero-order valence-corrected chi connectivity index (χ0v) is 17.2. The molecule has 32 heavy (non-hydrogen) atoms. The summed E-state index contributed by atoms with van der Waals surface area (Å²) >= 11 is 0. The number of aryl methyl sites for hydroxylation is 1. The van der Waals surface area contributed by atoms with Crippen molar-refractivity contribution in [3.8, 4) is 0 Å². The number of nitrogens with one attached hydrogen (secondary N) is 2. The van der Waals surface area contributed by atoms with E-state index in [1.807, 2.05) is 60.7 Å². The molecule has 0 aliphatic heterocycles. The lowest BCUT2D eigenvalue weighted by molar-refractivity contribution is -0.384. The molecule has 2 amide bonds. The second-order valence-electron chi connectivity index (χ2n) is 7.00. The number of nitrogens with zero attached hydrogens (tertiary/aromatic N) is 2. The fourth-order valence-electron chi connectivity index (χ4n) is 2.99. The van der Waals surface area contributed by atoms with E-state index in [1.165, 1.54) is 30.5 Å². The van der Waals surface area contributed by atoms with Crippen LogP contribution in [0.25, 0.3) is 0 Å². The molecular weight excluding hydrogens is 408 g/mol. The number of carbonyl (C=O) groups excluding carboxylic acids is 2. The number of amides is 2. The van der Waals surface area contributed by atoms with Crippen LogP contribution < -0.4 is 10.7 Å². The second kappa shape index (κ2) is 11.2. The van der Waals surface area contributed by atoms with Crippen molar-refractivity contribution in [2.75, 3.05) is 0 Å². The predicted octanol–water partition coefficient (Wildman–Crippen LogP) is 3.48. The van der Waals surface area contributed by atoms with E-state index in [2.05, 4.69) is 15.8 Å². The number of nitro benzene ring substituents is 1. The van der Waals surface area contributed by atoms with Crippen LogP contribution in [0.4, 0.5) is 5.69 Å². The normalized spacial score (nSPS) is 11.6. The summed E-state index contributed by atoms with van der Waals surface area (Å²) in [6.07, 6.45) is 2.45. The first-order valence-electron chi connectivity index (χ1n) is 10.00. The van der Waals surface area contributed by atoms with E-state index in [0.29, 0.717) is 12.8 Å². The van der Waals surface area contributed by atoms with Gasteiger partial charge in [0.05, 0.1) is 11.1 Å². The molecule has 8 heteroatoms. The molecule has 0 aromatic heterocycles. The first kappa shape index (κ1) is 22.4. The average molecular weight is 430 g/mol. The fourth-order valence-corrected chi connectivity index (χ4v) is 2.99. The number of rotatable bonds is 9. The fraction of sp³-hybridized carbons (Fsp3) is 0.125. The number of carbonyl (C=O) groups is 2. The summed E-state index contributed by atoms with van der Waals surface area (Å²) in [6.45, 7) is 0. The minimum absolute atomic E-state index is 0.116. The second-order valence-corrected chi connectivity index (χ2v) is 7.00. The molecule has 0 saturated heterocycles. The Balaban J connectivity index is 1.68. The molecule has 0 bridgehead atoms. The quantitative estimate of drug-likeness (QED) is 0.307. The maximum atomic E-state index is 12.7. The van der Waals surface area contributed by atoms with Gasteiger partial charge in [0.1, 0.15) is 6.04 Å². The zero-order valence-electron chi connectivity index (χ0n) is 17.2. The van der Waals surface area contributed by atoms with Crippen molar-refractivity contribution >= 4 is 23.7 Å². The van der Waals surface area contributed by atoms with Gasteiger partial charge in [-0.05, 0) is 36.1 Å². The van der Waals surface area contributed by atoms with Gasteiger partial charge in [0.25, 0.3) is 17.5 Å². The van der Waals surface area contributed by atoms with Crippen molar-refractivity contribution in [3.05, 3.63) is 112 Å². The van der Waals surface area contributed by atoms with E-state index in [4.69, 9.17) is 0 Å². The van der Waals surface area contributed by atoms with Gasteiger partial charge < -0.3 is 5.32 Å². The van der Waals surface area contributed by atoms with Crippen molar-refractivity contribution in [2.45, 2.75) is 18.9 Å². The summed E-state index contributed by atoms with van der Waals surface area (Å²) in [4.78, 5) is 35.7. The van der Waals surface area contributed by atoms with Gasteiger partial charge in [-0.15, -0.1) is 0 Å². The maximum Gasteiger partial charge on any atom is 0.269 e. The van der Waals surface area contributed by atoms with E-state index >= 15 is 0 Å². The summed E-state index contributed by atoms with van der Waals surface area (Å²) in [5, 5.41) is 17.5. The third kappa shape index (κ3) is 6.60. The number of benzene rings is 3. The standard InChI is InChI=1S/C24H22N4O4/c29-23(20-12-14-21(15-13-20)28(31)32)26-22(16-11-18-7-3-1-4-8-18)24(30)27-25-17-19-9-5-2-6-10-19/h1-10,12-15,17,22H,11,16H2,(H,26,29)(H,27,30)/b25-17+/t22-/m0/s1. The highest BCUT2D eigenvalue weighted by Crippen LogP contribution is 2.13. The minimum atomic E-state index is -0.842. The monoisotopic (exact) mass is 430 g/mol. The van der Waals surface area contributed by atoms with Crippen molar-refractivity contribution in [2.24, 2.45) is 5.10 Å². The average Bonchev–Trinajstić information content (AvgIpc) is 2.83. The van der Waals surface area contributed by atoms with E-state index in [1.54, 1.807) is 0 Å². The zero-order chi connectivity index (χ0) is 22.8. The third-order valence-corrected chi connectivity index (χ3v) is 4.71. The van der Waals surface area contributed by atoms with Crippen LogP contribution in [0.15, 0.2) is 90.0 Å². The molecule has 162 valence electrons. The van der Waals surface area contributed by atoms with Crippen LogP contribution in [0.2, 0.25) is 0 Å². The third-order valence-electron chi connectivity index (χ3n) is 4.71. The lowest BCUT2D eigenvalue weighted by atomic mass is 10.0. The van der Waals surface area contributed by atoms with Gasteiger partial charge in [-0.2, -0.15) is 5.10 Å². The molecule has 0 fully saturated rings. The number of non-ortho nitro benzene ring substituents is 1. The van der Waals surface area contributed by atoms with Crippen LogP contribution in [0.3, 0.4) is 0 Å². The first-order valence-corrected chi connectivity index (χ1v) is 10.00. The van der Waals surface area contributed by atoms with Crippen molar-refractivity contribution in [1.82, 2.24) is 10.7 Å². The molecular formula is C24H22N4O4. The highest BCUT2D eigenvalue weighted by Gasteiger charge is 2.21. The van der Waals surface area contributed by atoms with Crippen LogP contribution >= 0.6 is 0 Å². The van der Waals surface area contributed by atoms with Gasteiger partial charge in [-0.25, -0.2) is 5.43 Å². The molecule has 0 radical (unpaired) electrons. The summed E-state index contributed by atoms with van der Waals surface area (Å²) < 4.78 is 0. The van der Waals surface area contributed by atoms with E-state index in [0.717, 1.165) is 11.1 Å². The number of hydrogen-bond donors (Lipinski definition) is 2. The lowest BCUT2D eigenvalue weighted by Crippen LogP contribution is -2.45. The molecule has 3 rings (SSSR count). The molecule has 3 aromatic carbocycles. The Morgan fingerprint density at radius 2 is 1.56 bits per heavy atom. The van der Waals surface area contributed by atoms with E-state index in [-0.39, 0.29) is 11.3 Å². The van der Waals surface area contributed by atoms with Gasteiger partial charge in [-0.1, -0.05) is 60.7 Å². The van der Waals surface area contributed by atoms with Crippen LogP contribution in [-0.2, 0) is 11.2 Å².